The number of aryl methyl sites for hydroxylation is 2. The molecule has 0 saturated carbocycles. The van der Waals surface area contributed by atoms with E-state index in [1.165, 1.54) is 90.2 Å². The van der Waals surface area contributed by atoms with Gasteiger partial charge in [-0.1, -0.05) is 0 Å². The Hall–Kier alpha value is -8.72. The van der Waals surface area contributed by atoms with E-state index in [1.807, 2.05) is 17.9 Å². The Morgan fingerprint density at radius 1 is 0.600 bits per heavy atom. The number of carbonyl (C=O) groups is 6. The van der Waals surface area contributed by atoms with Gasteiger partial charge in [-0.05, 0) is 121 Å². The summed E-state index contributed by atoms with van der Waals surface area (Å²) in [5.74, 6) is -17.4. The average molecular weight is 1390 g/mol. The number of anilines is 1. The zero-order valence-corrected chi connectivity index (χ0v) is 51.8. The smallest absolute Gasteiger partial charge is 0.374 e. The topological polar surface area (TPSA) is 289 Å². The SMILES string of the molecule is CC(F)(F)C(=O)O.CN.COc1ccc(F)c(C2NC(=O)C[C@@H]2N)c1.COc1ccc(F)c([C@@H]2[C@@H](NC(=O)C(C)(F)F)CC(=O)N2c2ccc3c(cnn3C)c2)c1.COc1ccc(F)c([C@H]2NC(=O)C[C@@H]2NC(=O)C(C)(F)F)c1.Cn1ncc2cc(I)ccc21. The maximum atomic E-state index is 14.9. The Morgan fingerprint density at radius 3 is 1.46 bits per heavy atom. The van der Waals surface area contributed by atoms with Crippen LogP contribution < -0.4 is 51.8 Å². The first-order valence-electron chi connectivity index (χ1n) is 26.9. The Balaban J connectivity index is 0.000000220. The number of aromatic nitrogens is 4. The number of aliphatic carboxylic acids is 1. The minimum atomic E-state index is -3.65. The van der Waals surface area contributed by atoms with Gasteiger partial charge in [-0.15, -0.1) is 0 Å². The standard InChI is InChI=1S/C22H21F3N4O3.C14H15F3N2O3.C11H13FN2O2.C8H7IN2.C3H4F2O2.CH5N/c1-22(24,25)21(31)27-17-10-19(30)29(13-4-7-18-12(8-13)11-26-28(18)2)20(17)15-9-14(32-3)5-6-16(15)23;1-14(16,17)13(21)18-10-6-11(20)19-12(10)8-5-7(22-2)3-4-9(8)15;1-16-6-2-3-8(12)7(4-6)11-9(13)5-10(15)14-11;1-11-8-3-2-7(9)4-6(8)5-10-11;1-3(4,5)2(6)7;1-2/h4-9,11,17,20H,10H2,1-3H3,(H,27,31);3-5,10,12H,6H2,1-2H3,(H,18,21)(H,19,20);2-4,9,11H,5,13H2,1H3,(H,14,15);2-5H,1H3;1H3,(H,6,7);2H2,1H3/t17-,20+;10-,12+;9-,11?;;;/m000.../s1. The molecule has 0 bridgehead atoms. The highest BCUT2D eigenvalue weighted by Crippen LogP contribution is 2.41. The van der Waals surface area contributed by atoms with E-state index in [9.17, 15) is 68.3 Å². The van der Waals surface area contributed by atoms with Crippen molar-refractivity contribution in [2.24, 2.45) is 25.6 Å². The molecule has 7 aromatic rings. The number of carboxylic acids is 1. The van der Waals surface area contributed by atoms with Crippen LogP contribution in [0.2, 0.25) is 0 Å². The molecule has 1 unspecified atom stereocenters. The maximum absolute atomic E-state index is 14.9. The van der Waals surface area contributed by atoms with Crippen molar-refractivity contribution in [2.75, 3.05) is 33.3 Å². The van der Waals surface area contributed by atoms with Gasteiger partial charge in [-0.3, -0.25) is 33.3 Å². The number of alkyl halides is 6. The van der Waals surface area contributed by atoms with Gasteiger partial charge in [-0.25, -0.2) is 18.0 Å². The number of carboxylic acid groups (broad SMARTS) is 1. The molecule has 0 radical (unpaired) electrons. The van der Waals surface area contributed by atoms with Gasteiger partial charge in [0.1, 0.15) is 34.7 Å². The summed E-state index contributed by atoms with van der Waals surface area (Å²) in [5.41, 5.74) is 13.2. The number of amides is 5. The second-order valence-corrected chi connectivity index (χ2v) is 21.6. The number of hydrogen-bond donors (Lipinski definition) is 7. The van der Waals surface area contributed by atoms with Gasteiger partial charge in [0.15, 0.2) is 0 Å². The Morgan fingerprint density at radius 2 is 1.01 bits per heavy atom. The van der Waals surface area contributed by atoms with Crippen LogP contribution in [0.1, 0.15) is 74.8 Å². The minimum absolute atomic E-state index is 0.0474. The van der Waals surface area contributed by atoms with Crippen LogP contribution in [-0.4, -0.2) is 124 Å². The van der Waals surface area contributed by atoms with Gasteiger partial charge in [0.25, 0.3) is 11.8 Å². The molecule has 3 aliphatic rings. The first-order chi connectivity index (χ1) is 42.1. The fourth-order valence-corrected chi connectivity index (χ4v) is 9.77. The third-order valence-electron chi connectivity index (χ3n) is 13.7. The van der Waals surface area contributed by atoms with Crippen LogP contribution in [0.5, 0.6) is 17.2 Å². The molecule has 5 heterocycles. The molecule has 5 aromatic carbocycles. The van der Waals surface area contributed by atoms with E-state index in [1.54, 1.807) is 42.2 Å². The molecular weight excluding hydrogens is 1320 g/mol. The van der Waals surface area contributed by atoms with E-state index in [2.05, 4.69) is 78.0 Å². The third kappa shape index (κ3) is 18.4. The lowest BCUT2D eigenvalue weighted by atomic mass is 9.98. The predicted octanol–water partition coefficient (Wildman–Crippen LogP) is 8.08. The number of hydrogen-bond acceptors (Lipinski definition) is 13. The van der Waals surface area contributed by atoms with E-state index in [0.29, 0.717) is 49.3 Å². The third-order valence-corrected chi connectivity index (χ3v) is 14.4. The van der Waals surface area contributed by atoms with Crippen molar-refractivity contribution in [3.05, 3.63) is 141 Å². The Kier molecular flexibility index (Phi) is 24.5. The molecule has 0 spiro atoms. The number of methoxy groups -OCH3 is 3. The summed E-state index contributed by atoms with van der Waals surface area (Å²) in [6.07, 6.45) is 3.26. The highest BCUT2D eigenvalue weighted by Gasteiger charge is 2.47. The number of nitrogens with two attached hydrogens (primary N) is 2. The molecule has 2 aromatic heterocycles. The number of ether oxygens (including phenoxy) is 3. The molecule has 3 fully saturated rings. The first-order valence-corrected chi connectivity index (χ1v) is 28.0. The van der Waals surface area contributed by atoms with Crippen LogP contribution in [0.15, 0.2) is 103 Å². The number of rotatable bonds is 12. The van der Waals surface area contributed by atoms with Crippen molar-refractivity contribution in [3.63, 3.8) is 0 Å². The van der Waals surface area contributed by atoms with E-state index >= 15 is 0 Å². The largest absolute Gasteiger partial charge is 0.497 e. The summed E-state index contributed by atoms with van der Waals surface area (Å²) in [6, 6.07) is 18.8. The monoisotopic (exact) mass is 1390 g/mol. The molecule has 5 amide bonds. The number of nitrogens with zero attached hydrogens (tertiary/aromatic N) is 5. The van der Waals surface area contributed by atoms with Crippen LogP contribution in [0.4, 0.5) is 45.2 Å². The van der Waals surface area contributed by atoms with E-state index in [4.69, 9.17) is 25.1 Å². The molecule has 3 saturated heterocycles. The van der Waals surface area contributed by atoms with Crippen molar-refractivity contribution < 1.29 is 87.6 Å². The number of nitrogens with one attached hydrogen (secondary N) is 4. The van der Waals surface area contributed by atoms with Crippen molar-refractivity contribution >= 4 is 85.6 Å². The Labute approximate surface area is 523 Å². The second kappa shape index (κ2) is 30.7. The van der Waals surface area contributed by atoms with E-state index < -0.39 is 95.3 Å². The van der Waals surface area contributed by atoms with Crippen molar-refractivity contribution in [2.45, 2.75) is 94.1 Å². The number of carbonyl (C=O) groups excluding carboxylic acids is 5. The average Bonchev–Trinajstić information content (AvgIpc) is 1.63. The van der Waals surface area contributed by atoms with Crippen molar-refractivity contribution in [1.82, 2.24) is 40.8 Å². The fraction of sp³-hybridized carbons (Fsp3) is 0.356. The van der Waals surface area contributed by atoms with Gasteiger partial charge >= 0.3 is 23.7 Å². The molecule has 10 rings (SSSR count). The molecule has 6 atom stereocenters. The van der Waals surface area contributed by atoms with Gasteiger partial charge in [0, 0.05) is 96.9 Å². The lowest BCUT2D eigenvalue weighted by Gasteiger charge is -2.30. The summed E-state index contributed by atoms with van der Waals surface area (Å²) >= 11 is 2.30. The predicted molar refractivity (Wildman–Crippen MR) is 320 cm³/mol. The van der Waals surface area contributed by atoms with Crippen LogP contribution in [0, 0.1) is 21.0 Å². The van der Waals surface area contributed by atoms with Crippen LogP contribution in [-0.2, 0) is 42.9 Å². The zero-order valence-electron chi connectivity index (χ0n) is 49.7. The summed E-state index contributed by atoms with van der Waals surface area (Å²) in [5, 5.41) is 27.2. The van der Waals surface area contributed by atoms with Crippen LogP contribution >= 0.6 is 22.6 Å². The molecule has 3 aliphatic heterocycles. The highest BCUT2D eigenvalue weighted by molar-refractivity contribution is 14.1. The molecule has 9 N–H and O–H groups in total. The van der Waals surface area contributed by atoms with Crippen LogP contribution in [0.3, 0.4) is 0 Å². The van der Waals surface area contributed by atoms with Gasteiger partial charge in [0.05, 0.1) is 75.0 Å². The number of halogens is 10. The molecular formula is C59H65F9IN11O10. The summed E-state index contributed by atoms with van der Waals surface area (Å²) in [6.45, 7) is 1.25. The fourth-order valence-electron chi connectivity index (χ4n) is 9.26. The van der Waals surface area contributed by atoms with Crippen molar-refractivity contribution in [1.29, 1.82) is 0 Å². The zero-order chi connectivity index (χ0) is 67.3. The molecule has 486 valence electrons. The molecule has 31 heteroatoms. The van der Waals surface area contributed by atoms with E-state index in [-0.39, 0.29) is 42.1 Å². The molecule has 21 nitrogen and oxygen atoms in total. The summed E-state index contributed by atoms with van der Waals surface area (Å²) in [7, 11) is 9.52. The number of fused-ring (bicyclic) bond motifs is 2. The lowest BCUT2D eigenvalue weighted by Crippen LogP contribution is -2.46. The van der Waals surface area contributed by atoms with Gasteiger partial charge < -0.3 is 57.0 Å². The summed E-state index contributed by atoms with van der Waals surface area (Å²) in [4.78, 5) is 69.7. The van der Waals surface area contributed by atoms with Gasteiger partial charge in [-0.2, -0.15) is 36.5 Å². The Bertz CT molecular complexity index is 3710. The molecule has 0 aliphatic carbocycles. The molecule has 90 heavy (non-hydrogen) atoms. The highest BCUT2D eigenvalue weighted by atomic mass is 127. The first kappa shape index (κ1) is 72.0. The maximum Gasteiger partial charge on any atom is 0.374 e. The summed E-state index contributed by atoms with van der Waals surface area (Å²) < 4.78 is 138. The second-order valence-electron chi connectivity index (χ2n) is 20.4. The lowest BCUT2D eigenvalue weighted by molar-refractivity contribution is -0.162. The van der Waals surface area contributed by atoms with Crippen molar-refractivity contribution in [3.8, 4) is 17.2 Å². The normalized spacial score (nSPS) is 18.5. The van der Waals surface area contributed by atoms with Gasteiger partial charge in [0.2, 0.25) is 17.7 Å². The van der Waals surface area contributed by atoms with E-state index in [0.717, 1.165) is 17.0 Å². The van der Waals surface area contributed by atoms with Crippen LogP contribution in [0.25, 0.3) is 21.8 Å². The number of benzene rings is 5. The minimum Gasteiger partial charge on any atom is -0.497 e. The quantitative estimate of drug-likeness (QED) is 0.0450.